The van der Waals surface area contributed by atoms with E-state index in [0.717, 1.165) is 6.42 Å². The smallest absolute Gasteiger partial charge is 0.328 e. The highest BCUT2D eigenvalue weighted by Gasteiger charge is 2.24. The molecular weight excluding hydrogens is 224 g/mol. The van der Waals surface area contributed by atoms with Gasteiger partial charge in [0.05, 0.1) is 6.61 Å². The van der Waals surface area contributed by atoms with E-state index < -0.39 is 12.0 Å². The molecule has 100 valence electrons. The van der Waals surface area contributed by atoms with Crippen LogP contribution >= 0.6 is 0 Å². The molecule has 6 nitrogen and oxygen atoms in total. The van der Waals surface area contributed by atoms with Gasteiger partial charge in [-0.3, -0.25) is 0 Å². The molecule has 2 N–H and O–H groups in total. The zero-order valence-corrected chi connectivity index (χ0v) is 10.9. The lowest BCUT2D eigenvalue weighted by atomic mass is 10.2. The summed E-state index contributed by atoms with van der Waals surface area (Å²) in [6.07, 6.45) is 0.823. The normalized spacial score (nSPS) is 13.9. The summed E-state index contributed by atoms with van der Waals surface area (Å²) < 4.78 is 4.75. The molecule has 0 saturated heterocycles. The highest BCUT2D eigenvalue weighted by atomic mass is 16.5. The molecule has 0 bridgehead atoms. The van der Waals surface area contributed by atoms with Crippen LogP contribution in [0.2, 0.25) is 0 Å². The van der Waals surface area contributed by atoms with Crippen LogP contribution in [0.3, 0.4) is 0 Å². The summed E-state index contributed by atoms with van der Waals surface area (Å²) >= 11 is 0. The first-order valence-corrected chi connectivity index (χ1v) is 5.76. The SMILES string of the molecule is CCC(C)N(CC)C(=O)NC(COC)C(=O)O. The quantitative estimate of drug-likeness (QED) is 0.700. The van der Waals surface area contributed by atoms with Crippen molar-refractivity contribution in [3.05, 3.63) is 0 Å². The summed E-state index contributed by atoms with van der Waals surface area (Å²) in [6.45, 7) is 6.26. The number of ether oxygens (including phenoxy) is 1. The predicted molar refractivity (Wildman–Crippen MR) is 64.0 cm³/mol. The Kier molecular flexibility index (Phi) is 7.29. The molecule has 0 aliphatic heterocycles. The van der Waals surface area contributed by atoms with Crippen molar-refractivity contribution in [3.8, 4) is 0 Å². The number of amides is 2. The molecule has 0 rings (SSSR count). The van der Waals surface area contributed by atoms with Gasteiger partial charge >= 0.3 is 12.0 Å². The number of urea groups is 1. The first-order valence-electron chi connectivity index (χ1n) is 5.76. The Bertz CT molecular complexity index is 258. The Labute approximate surface area is 102 Å². The average molecular weight is 246 g/mol. The third kappa shape index (κ3) is 5.04. The summed E-state index contributed by atoms with van der Waals surface area (Å²) in [4.78, 5) is 24.3. The van der Waals surface area contributed by atoms with Crippen molar-refractivity contribution in [1.82, 2.24) is 10.2 Å². The summed E-state index contributed by atoms with van der Waals surface area (Å²) in [5, 5.41) is 11.3. The lowest BCUT2D eigenvalue weighted by molar-refractivity contribution is -0.140. The third-order valence-corrected chi connectivity index (χ3v) is 2.65. The molecule has 2 atom stereocenters. The van der Waals surface area contributed by atoms with Gasteiger partial charge in [-0.15, -0.1) is 0 Å². The summed E-state index contributed by atoms with van der Waals surface area (Å²) in [5.41, 5.74) is 0. The van der Waals surface area contributed by atoms with E-state index in [1.165, 1.54) is 7.11 Å². The minimum atomic E-state index is -1.10. The molecule has 6 heteroatoms. The molecule has 2 amide bonds. The topological polar surface area (TPSA) is 78.9 Å². The number of nitrogens with zero attached hydrogens (tertiary/aromatic N) is 1. The Balaban J connectivity index is 4.51. The summed E-state index contributed by atoms with van der Waals surface area (Å²) in [7, 11) is 1.40. The average Bonchev–Trinajstić information content (AvgIpc) is 2.28. The van der Waals surface area contributed by atoms with Crippen LogP contribution in [-0.4, -0.2) is 54.4 Å². The van der Waals surface area contributed by atoms with Crippen LogP contribution in [-0.2, 0) is 9.53 Å². The van der Waals surface area contributed by atoms with Crippen molar-refractivity contribution >= 4 is 12.0 Å². The van der Waals surface area contributed by atoms with Gasteiger partial charge in [0.25, 0.3) is 0 Å². The second kappa shape index (κ2) is 7.89. The van der Waals surface area contributed by atoms with Gasteiger partial charge in [0, 0.05) is 19.7 Å². The molecule has 0 aliphatic rings. The number of carbonyl (C=O) groups is 2. The Morgan fingerprint density at radius 3 is 2.35 bits per heavy atom. The van der Waals surface area contributed by atoms with Crippen molar-refractivity contribution in [3.63, 3.8) is 0 Å². The van der Waals surface area contributed by atoms with E-state index in [-0.39, 0.29) is 18.7 Å². The second-order valence-corrected chi connectivity index (χ2v) is 3.84. The molecule has 0 radical (unpaired) electrons. The number of aliphatic carboxylic acids is 1. The molecular formula is C11H22N2O4. The van der Waals surface area contributed by atoms with Gasteiger partial charge in [0.15, 0.2) is 6.04 Å². The van der Waals surface area contributed by atoms with Crippen LogP contribution in [0.15, 0.2) is 0 Å². The maximum Gasteiger partial charge on any atom is 0.328 e. The highest BCUT2D eigenvalue weighted by molar-refractivity contribution is 5.82. The van der Waals surface area contributed by atoms with Crippen LogP contribution < -0.4 is 5.32 Å². The minimum absolute atomic E-state index is 0.0425. The van der Waals surface area contributed by atoms with E-state index in [4.69, 9.17) is 9.84 Å². The Morgan fingerprint density at radius 1 is 1.41 bits per heavy atom. The van der Waals surface area contributed by atoms with Crippen LogP contribution in [0.25, 0.3) is 0 Å². The van der Waals surface area contributed by atoms with Crippen LogP contribution in [0.1, 0.15) is 27.2 Å². The molecule has 0 fully saturated rings. The molecule has 17 heavy (non-hydrogen) atoms. The van der Waals surface area contributed by atoms with Gasteiger partial charge in [-0.05, 0) is 20.3 Å². The monoisotopic (exact) mass is 246 g/mol. The molecule has 0 saturated carbocycles. The molecule has 0 aromatic rings. The Morgan fingerprint density at radius 2 is 2.00 bits per heavy atom. The summed E-state index contributed by atoms with van der Waals surface area (Å²) in [6, 6.07) is -1.30. The lowest BCUT2D eigenvalue weighted by Crippen LogP contribution is -2.52. The fourth-order valence-corrected chi connectivity index (χ4v) is 1.45. The number of methoxy groups -OCH3 is 1. The zero-order valence-electron chi connectivity index (χ0n) is 10.9. The number of carboxylic acids is 1. The number of carbonyl (C=O) groups excluding carboxylic acids is 1. The van der Waals surface area contributed by atoms with E-state index >= 15 is 0 Å². The van der Waals surface area contributed by atoms with Crippen molar-refractivity contribution in [2.45, 2.75) is 39.3 Å². The second-order valence-electron chi connectivity index (χ2n) is 3.84. The van der Waals surface area contributed by atoms with E-state index in [1.54, 1.807) is 4.90 Å². The maximum atomic E-state index is 11.9. The van der Waals surface area contributed by atoms with E-state index in [2.05, 4.69) is 5.32 Å². The number of carboxylic acid groups (broad SMARTS) is 1. The standard InChI is InChI=1S/C11H22N2O4/c1-5-8(3)13(6-2)11(16)12-9(7-17-4)10(14)15/h8-9H,5-7H2,1-4H3,(H,12,16)(H,14,15). The first kappa shape index (κ1) is 15.7. The Hall–Kier alpha value is -1.30. The van der Waals surface area contributed by atoms with Crippen molar-refractivity contribution in [2.24, 2.45) is 0 Å². The first-order chi connectivity index (χ1) is 7.97. The largest absolute Gasteiger partial charge is 0.480 e. The van der Waals surface area contributed by atoms with E-state index in [0.29, 0.717) is 6.54 Å². The number of hydrogen-bond donors (Lipinski definition) is 2. The fraction of sp³-hybridized carbons (Fsp3) is 0.818. The van der Waals surface area contributed by atoms with Crippen molar-refractivity contribution in [2.75, 3.05) is 20.3 Å². The summed E-state index contributed by atoms with van der Waals surface area (Å²) in [5.74, 6) is -1.10. The number of nitrogens with one attached hydrogen (secondary N) is 1. The van der Waals surface area contributed by atoms with E-state index in [9.17, 15) is 9.59 Å². The van der Waals surface area contributed by atoms with Gasteiger partial charge < -0.3 is 20.1 Å². The van der Waals surface area contributed by atoms with Gasteiger partial charge in [-0.25, -0.2) is 9.59 Å². The lowest BCUT2D eigenvalue weighted by Gasteiger charge is -2.28. The third-order valence-electron chi connectivity index (χ3n) is 2.65. The molecule has 0 aromatic heterocycles. The van der Waals surface area contributed by atoms with Crippen molar-refractivity contribution < 1.29 is 19.4 Å². The molecule has 0 aliphatic carbocycles. The van der Waals surface area contributed by atoms with Crippen LogP contribution in [0.5, 0.6) is 0 Å². The highest BCUT2D eigenvalue weighted by Crippen LogP contribution is 2.03. The fourth-order valence-electron chi connectivity index (χ4n) is 1.45. The number of hydrogen-bond acceptors (Lipinski definition) is 3. The molecule has 0 heterocycles. The van der Waals surface area contributed by atoms with E-state index in [1.807, 2.05) is 20.8 Å². The van der Waals surface area contributed by atoms with Crippen LogP contribution in [0.4, 0.5) is 4.79 Å². The van der Waals surface area contributed by atoms with Gasteiger partial charge in [0.1, 0.15) is 0 Å². The van der Waals surface area contributed by atoms with Gasteiger partial charge in [-0.1, -0.05) is 6.92 Å². The maximum absolute atomic E-state index is 11.9. The van der Waals surface area contributed by atoms with Gasteiger partial charge in [-0.2, -0.15) is 0 Å². The minimum Gasteiger partial charge on any atom is -0.480 e. The molecule has 0 spiro atoms. The predicted octanol–water partition coefficient (Wildman–Crippen LogP) is 0.916. The zero-order chi connectivity index (χ0) is 13.4. The van der Waals surface area contributed by atoms with Crippen molar-refractivity contribution in [1.29, 1.82) is 0 Å². The molecule has 2 unspecified atom stereocenters. The van der Waals surface area contributed by atoms with Gasteiger partial charge in [0.2, 0.25) is 0 Å². The number of rotatable bonds is 7. The molecule has 0 aromatic carbocycles. The van der Waals surface area contributed by atoms with Crippen LogP contribution in [0, 0.1) is 0 Å².